The van der Waals surface area contributed by atoms with Gasteiger partial charge in [-0.2, -0.15) is 0 Å². The van der Waals surface area contributed by atoms with E-state index in [1.54, 1.807) is 6.07 Å². The molecule has 0 unspecified atom stereocenters. The van der Waals surface area contributed by atoms with Crippen molar-refractivity contribution < 1.29 is 17.2 Å². The molecule has 146 valence electrons. The molecule has 2 N–H and O–H groups in total. The number of nitrogens with one attached hydrogen (secondary N) is 2. The number of benzene rings is 1. The fraction of sp³-hybridized carbons (Fsp3) is 0.389. The number of hydrogen-bond acceptors (Lipinski definition) is 5. The number of piperidine rings is 1. The van der Waals surface area contributed by atoms with Crippen LogP contribution in [0.1, 0.15) is 19.3 Å². The van der Waals surface area contributed by atoms with Crippen molar-refractivity contribution in [3.63, 3.8) is 0 Å². The standard InChI is InChI=1S/C18H22F2N4O2S/c19-16-6-4-14(12-17(16)20)23-27(25,26)15-5-7-18(22-13-15)21-8-11-24-9-2-1-3-10-24/h4-7,12-13,23H,1-3,8-11H2,(H,21,22). The van der Waals surface area contributed by atoms with E-state index in [1.807, 2.05) is 0 Å². The van der Waals surface area contributed by atoms with Crippen LogP contribution in [0.2, 0.25) is 0 Å². The summed E-state index contributed by atoms with van der Waals surface area (Å²) in [6.07, 6.45) is 4.98. The molecule has 6 nitrogen and oxygen atoms in total. The molecule has 0 aliphatic carbocycles. The normalized spacial score (nSPS) is 15.5. The Morgan fingerprint density at radius 1 is 1.04 bits per heavy atom. The van der Waals surface area contributed by atoms with Crippen LogP contribution in [0.5, 0.6) is 0 Å². The van der Waals surface area contributed by atoms with E-state index >= 15 is 0 Å². The number of halogens is 2. The Balaban J connectivity index is 1.57. The molecule has 0 radical (unpaired) electrons. The zero-order valence-corrected chi connectivity index (χ0v) is 15.6. The third kappa shape index (κ3) is 5.36. The van der Waals surface area contributed by atoms with Crippen molar-refractivity contribution in [2.75, 3.05) is 36.2 Å². The van der Waals surface area contributed by atoms with Crippen molar-refractivity contribution in [3.8, 4) is 0 Å². The van der Waals surface area contributed by atoms with Gasteiger partial charge in [-0.05, 0) is 50.2 Å². The van der Waals surface area contributed by atoms with Gasteiger partial charge in [0.05, 0.1) is 5.69 Å². The molecule has 1 saturated heterocycles. The fourth-order valence-electron chi connectivity index (χ4n) is 2.94. The minimum Gasteiger partial charge on any atom is -0.369 e. The lowest BCUT2D eigenvalue weighted by atomic mass is 10.1. The lowest BCUT2D eigenvalue weighted by Crippen LogP contribution is -2.33. The summed E-state index contributed by atoms with van der Waals surface area (Å²) in [5, 5.41) is 3.17. The van der Waals surface area contributed by atoms with Gasteiger partial charge in [0.15, 0.2) is 11.6 Å². The van der Waals surface area contributed by atoms with E-state index in [9.17, 15) is 17.2 Å². The van der Waals surface area contributed by atoms with E-state index in [-0.39, 0.29) is 10.6 Å². The summed E-state index contributed by atoms with van der Waals surface area (Å²) in [5.74, 6) is -1.58. The molecule has 1 aliphatic rings. The second-order valence-corrected chi connectivity index (χ2v) is 8.13. The number of pyridine rings is 1. The van der Waals surface area contributed by atoms with Gasteiger partial charge >= 0.3 is 0 Å². The van der Waals surface area contributed by atoms with Crippen molar-refractivity contribution in [2.45, 2.75) is 24.2 Å². The maximum absolute atomic E-state index is 13.2. The Kier molecular flexibility index (Phi) is 6.22. The van der Waals surface area contributed by atoms with Crippen LogP contribution >= 0.6 is 0 Å². The van der Waals surface area contributed by atoms with E-state index in [1.165, 1.54) is 31.5 Å². The van der Waals surface area contributed by atoms with Crippen molar-refractivity contribution in [2.24, 2.45) is 0 Å². The van der Waals surface area contributed by atoms with E-state index < -0.39 is 21.7 Å². The van der Waals surface area contributed by atoms with Gasteiger partial charge in [0, 0.05) is 25.4 Å². The highest BCUT2D eigenvalue weighted by Crippen LogP contribution is 2.19. The smallest absolute Gasteiger partial charge is 0.263 e. The topological polar surface area (TPSA) is 74.3 Å². The lowest BCUT2D eigenvalue weighted by molar-refractivity contribution is 0.237. The van der Waals surface area contributed by atoms with Gasteiger partial charge in [-0.3, -0.25) is 4.72 Å². The summed E-state index contributed by atoms with van der Waals surface area (Å²) in [6.45, 7) is 3.87. The predicted molar refractivity (Wildman–Crippen MR) is 100 cm³/mol. The van der Waals surface area contributed by atoms with Crippen molar-refractivity contribution in [1.82, 2.24) is 9.88 Å². The first-order chi connectivity index (χ1) is 12.9. The molecule has 0 saturated carbocycles. The number of likely N-dealkylation sites (tertiary alicyclic amines) is 1. The first kappa shape index (κ1) is 19.5. The third-order valence-corrected chi connectivity index (χ3v) is 5.77. The maximum Gasteiger partial charge on any atom is 0.263 e. The second kappa shape index (κ2) is 8.62. The molecule has 1 aromatic heterocycles. The third-order valence-electron chi connectivity index (χ3n) is 4.40. The molecule has 2 heterocycles. The zero-order valence-electron chi connectivity index (χ0n) is 14.8. The van der Waals surface area contributed by atoms with Gasteiger partial charge in [-0.1, -0.05) is 6.42 Å². The van der Waals surface area contributed by atoms with E-state index in [4.69, 9.17) is 0 Å². The Bertz CT molecular complexity index is 869. The molecule has 9 heteroatoms. The summed E-state index contributed by atoms with van der Waals surface area (Å²) in [5.41, 5.74) is -0.0577. The predicted octanol–water partition coefficient (Wildman–Crippen LogP) is 3.06. The number of rotatable bonds is 7. The second-order valence-electron chi connectivity index (χ2n) is 6.44. The number of anilines is 2. The van der Waals surface area contributed by atoms with Gasteiger partial charge in [0.2, 0.25) is 0 Å². The largest absolute Gasteiger partial charge is 0.369 e. The van der Waals surface area contributed by atoms with Gasteiger partial charge < -0.3 is 10.2 Å². The van der Waals surface area contributed by atoms with Crippen LogP contribution in [0.3, 0.4) is 0 Å². The summed E-state index contributed by atoms with van der Waals surface area (Å²) in [6, 6.07) is 5.80. The molecule has 0 spiro atoms. The molecular weight excluding hydrogens is 374 g/mol. The fourth-order valence-corrected chi connectivity index (χ4v) is 3.94. The average molecular weight is 396 g/mol. The first-order valence-corrected chi connectivity index (χ1v) is 10.3. The van der Waals surface area contributed by atoms with Gasteiger partial charge in [-0.15, -0.1) is 0 Å². The SMILES string of the molecule is O=S(=O)(Nc1ccc(F)c(F)c1)c1ccc(NCCN2CCCCC2)nc1. The monoisotopic (exact) mass is 396 g/mol. The molecule has 1 aromatic carbocycles. The highest BCUT2D eigenvalue weighted by molar-refractivity contribution is 7.92. The Morgan fingerprint density at radius 3 is 2.48 bits per heavy atom. The van der Waals surface area contributed by atoms with Crippen molar-refractivity contribution in [1.29, 1.82) is 0 Å². The van der Waals surface area contributed by atoms with Gasteiger partial charge in [-0.25, -0.2) is 22.2 Å². The number of hydrogen-bond donors (Lipinski definition) is 2. The van der Waals surface area contributed by atoms with Crippen LogP contribution in [-0.4, -0.2) is 44.5 Å². The maximum atomic E-state index is 13.2. The van der Waals surface area contributed by atoms with Crippen LogP contribution in [0.4, 0.5) is 20.3 Å². The highest BCUT2D eigenvalue weighted by Gasteiger charge is 2.16. The molecule has 1 fully saturated rings. The number of nitrogens with zero attached hydrogens (tertiary/aromatic N) is 2. The van der Waals surface area contributed by atoms with Crippen molar-refractivity contribution in [3.05, 3.63) is 48.2 Å². The minimum absolute atomic E-state index is 0.0577. The van der Waals surface area contributed by atoms with Crippen LogP contribution in [0, 0.1) is 11.6 Å². The highest BCUT2D eigenvalue weighted by atomic mass is 32.2. The molecule has 0 bridgehead atoms. The summed E-state index contributed by atoms with van der Waals surface area (Å²) in [4.78, 5) is 6.45. The van der Waals surface area contributed by atoms with E-state index in [0.717, 1.165) is 44.4 Å². The molecule has 0 amide bonds. The molecule has 3 rings (SSSR count). The van der Waals surface area contributed by atoms with E-state index in [2.05, 4.69) is 19.9 Å². The van der Waals surface area contributed by atoms with Crippen molar-refractivity contribution >= 4 is 21.5 Å². The molecule has 27 heavy (non-hydrogen) atoms. The Hall–Kier alpha value is -2.26. The minimum atomic E-state index is -3.93. The zero-order chi connectivity index (χ0) is 19.3. The van der Waals surface area contributed by atoms with E-state index in [0.29, 0.717) is 5.82 Å². The summed E-state index contributed by atoms with van der Waals surface area (Å²) in [7, 11) is -3.93. The van der Waals surface area contributed by atoms with Crippen LogP contribution in [0.15, 0.2) is 41.4 Å². The lowest BCUT2D eigenvalue weighted by Gasteiger charge is -2.26. The summed E-state index contributed by atoms with van der Waals surface area (Å²) < 4.78 is 53.1. The quantitative estimate of drug-likeness (QED) is 0.753. The van der Waals surface area contributed by atoms with Gasteiger partial charge in [0.25, 0.3) is 10.0 Å². The number of sulfonamides is 1. The Morgan fingerprint density at radius 2 is 1.81 bits per heavy atom. The first-order valence-electron chi connectivity index (χ1n) is 8.84. The Labute approximate surface area is 157 Å². The van der Waals surface area contributed by atoms with Crippen LogP contribution in [-0.2, 0) is 10.0 Å². The number of aromatic nitrogens is 1. The average Bonchev–Trinajstić information content (AvgIpc) is 2.66. The summed E-state index contributed by atoms with van der Waals surface area (Å²) >= 11 is 0. The molecule has 1 aliphatic heterocycles. The molecule has 2 aromatic rings. The van der Waals surface area contributed by atoms with Crippen LogP contribution in [0.25, 0.3) is 0 Å². The molecule has 0 atom stereocenters. The van der Waals surface area contributed by atoms with Gasteiger partial charge in [0.1, 0.15) is 10.7 Å². The van der Waals surface area contributed by atoms with Crippen LogP contribution < -0.4 is 10.0 Å². The molecular formula is C18H22F2N4O2S.